The highest BCUT2D eigenvalue weighted by molar-refractivity contribution is 5.72. The lowest BCUT2D eigenvalue weighted by molar-refractivity contribution is -0.151. The molecule has 118 valence electrons. The van der Waals surface area contributed by atoms with Crippen LogP contribution < -0.4 is 5.32 Å². The fourth-order valence-corrected chi connectivity index (χ4v) is 2.69. The van der Waals surface area contributed by atoms with E-state index in [9.17, 15) is 9.90 Å². The molecule has 1 aromatic heterocycles. The van der Waals surface area contributed by atoms with Gasteiger partial charge in [-0.2, -0.15) is 0 Å². The summed E-state index contributed by atoms with van der Waals surface area (Å²) < 4.78 is 6.78. The summed E-state index contributed by atoms with van der Waals surface area (Å²) in [5.74, 6) is -0.181. The smallest absolute Gasteiger partial charge is 0.308 e. The summed E-state index contributed by atoms with van der Waals surface area (Å²) in [6.45, 7) is 4.23. The van der Waals surface area contributed by atoms with E-state index in [2.05, 4.69) is 15.6 Å². The third kappa shape index (κ3) is 4.78. The zero-order valence-electron chi connectivity index (χ0n) is 12.5. The van der Waals surface area contributed by atoms with Crippen molar-refractivity contribution in [3.63, 3.8) is 0 Å². The molecule has 1 aliphatic carbocycles. The third-order valence-electron chi connectivity index (χ3n) is 3.98. The van der Waals surface area contributed by atoms with Gasteiger partial charge in [0.05, 0.1) is 30.9 Å². The molecule has 0 aliphatic heterocycles. The monoisotopic (exact) mass is 296 g/mol. The second kappa shape index (κ2) is 7.51. The Hall–Kier alpha value is -1.47. The van der Waals surface area contributed by atoms with Crippen LogP contribution in [-0.2, 0) is 16.1 Å². The van der Waals surface area contributed by atoms with Crippen LogP contribution in [0, 0.1) is 5.92 Å². The maximum atomic E-state index is 11.7. The molecule has 2 N–H and O–H groups in total. The first-order valence-electron chi connectivity index (χ1n) is 7.57. The third-order valence-corrected chi connectivity index (χ3v) is 3.98. The molecule has 1 heterocycles. The highest BCUT2D eigenvalue weighted by Gasteiger charge is 2.35. The number of carbonyl (C=O) groups is 1. The van der Waals surface area contributed by atoms with Crippen molar-refractivity contribution in [1.29, 1.82) is 0 Å². The molecule has 1 aromatic rings. The van der Waals surface area contributed by atoms with Crippen molar-refractivity contribution >= 4 is 5.97 Å². The Kier molecular flexibility index (Phi) is 5.69. The van der Waals surface area contributed by atoms with Gasteiger partial charge in [-0.05, 0) is 32.6 Å². The zero-order chi connectivity index (χ0) is 15.1. The van der Waals surface area contributed by atoms with Crippen LogP contribution in [0.1, 0.15) is 32.6 Å². The first kappa shape index (κ1) is 15.9. The topological polar surface area (TPSA) is 89.3 Å². The Morgan fingerprint density at radius 3 is 2.90 bits per heavy atom. The second-order valence-electron chi connectivity index (χ2n) is 5.59. The van der Waals surface area contributed by atoms with E-state index >= 15 is 0 Å². The van der Waals surface area contributed by atoms with Crippen molar-refractivity contribution in [2.45, 2.75) is 44.8 Å². The minimum atomic E-state index is -0.717. The number of hydrogen-bond donors (Lipinski definition) is 2. The molecule has 0 aromatic carbocycles. The van der Waals surface area contributed by atoms with Gasteiger partial charge in [-0.25, -0.2) is 0 Å². The molecule has 0 saturated heterocycles. The molecule has 7 heteroatoms. The van der Waals surface area contributed by atoms with Gasteiger partial charge in [-0.1, -0.05) is 5.21 Å². The lowest BCUT2D eigenvalue weighted by Crippen LogP contribution is -2.45. The van der Waals surface area contributed by atoms with Crippen molar-refractivity contribution in [3.05, 3.63) is 12.4 Å². The van der Waals surface area contributed by atoms with E-state index in [-0.39, 0.29) is 11.9 Å². The quantitative estimate of drug-likeness (QED) is 0.557. The minimum absolute atomic E-state index is 0.0552. The van der Waals surface area contributed by atoms with Gasteiger partial charge in [-0.15, -0.1) is 5.10 Å². The molecule has 0 atom stereocenters. The molecule has 0 radical (unpaired) electrons. The lowest BCUT2D eigenvalue weighted by atomic mass is 9.79. The van der Waals surface area contributed by atoms with Crippen LogP contribution in [0.15, 0.2) is 12.4 Å². The Labute approximate surface area is 124 Å². The Balaban J connectivity index is 1.66. The van der Waals surface area contributed by atoms with Gasteiger partial charge in [-0.3, -0.25) is 9.48 Å². The molecule has 21 heavy (non-hydrogen) atoms. The molecule has 7 nitrogen and oxygen atoms in total. The maximum Gasteiger partial charge on any atom is 0.308 e. The summed E-state index contributed by atoms with van der Waals surface area (Å²) in [5.41, 5.74) is -0.717. The molecule has 0 bridgehead atoms. The van der Waals surface area contributed by atoms with E-state index in [1.165, 1.54) is 0 Å². The average Bonchev–Trinajstić information content (AvgIpc) is 2.98. The lowest BCUT2D eigenvalue weighted by Gasteiger charge is -2.35. The predicted octanol–water partition coefficient (Wildman–Crippen LogP) is 0.352. The van der Waals surface area contributed by atoms with Gasteiger partial charge >= 0.3 is 5.97 Å². The summed E-state index contributed by atoms with van der Waals surface area (Å²) in [6, 6.07) is 0. The molecular weight excluding hydrogens is 272 g/mol. The molecule has 1 saturated carbocycles. The van der Waals surface area contributed by atoms with E-state index < -0.39 is 5.60 Å². The van der Waals surface area contributed by atoms with Gasteiger partial charge in [0.2, 0.25) is 0 Å². The number of nitrogens with zero attached hydrogens (tertiary/aromatic N) is 3. The van der Waals surface area contributed by atoms with Crippen LogP contribution in [0.3, 0.4) is 0 Å². The number of rotatable bonds is 7. The van der Waals surface area contributed by atoms with Crippen LogP contribution >= 0.6 is 0 Å². The number of ether oxygens (including phenoxy) is 1. The molecule has 1 aliphatic rings. The SMILES string of the molecule is CCOC(=O)C1CCC(O)(CNCCn2ccnn2)CC1. The Bertz CT molecular complexity index is 427. The van der Waals surface area contributed by atoms with Gasteiger partial charge < -0.3 is 15.2 Å². The van der Waals surface area contributed by atoms with Crippen LogP contribution in [-0.4, -0.2) is 51.4 Å². The summed E-state index contributed by atoms with van der Waals surface area (Å²) >= 11 is 0. The molecule has 0 unspecified atom stereocenters. The number of esters is 1. The standard InChI is InChI=1S/C14H24N4O3/c1-2-21-13(19)12-3-5-14(20,6-4-12)11-15-7-9-18-10-8-16-17-18/h8,10,12,15,20H,2-7,9,11H2,1H3. The van der Waals surface area contributed by atoms with E-state index in [1.54, 1.807) is 17.1 Å². The van der Waals surface area contributed by atoms with Gasteiger partial charge in [0.15, 0.2) is 0 Å². The molecule has 0 spiro atoms. The van der Waals surface area contributed by atoms with E-state index in [1.807, 2.05) is 6.92 Å². The van der Waals surface area contributed by atoms with Gasteiger partial charge in [0, 0.05) is 19.3 Å². The largest absolute Gasteiger partial charge is 0.466 e. The zero-order valence-corrected chi connectivity index (χ0v) is 12.5. The molecule has 0 amide bonds. The van der Waals surface area contributed by atoms with E-state index in [0.29, 0.717) is 38.8 Å². The summed E-state index contributed by atoms with van der Waals surface area (Å²) in [4.78, 5) is 11.7. The molecule has 1 fully saturated rings. The first-order chi connectivity index (χ1) is 10.1. The van der Waals surface area contributed by atoms with Crippen LogP contribution in [0.4, 0.5) is 0 Å². The highest BCUT2D eigenvalue weighted by atomic mass is 16.5. The number of carbonyl (C=O) groups excluding carboxylic acids is 1. The van der Waals surface area contributed by atoms with Crippen molar-refractivity contribution in [2.75, 3.05) is 19.7 Å². The van der Waals surface area contributed by atoms with E-state index in [4.69, 9.17) is 4.74 Å². The summed E-state index contributed by atoms with van der Waals surface area (Å²) in [7, 11) is 0. The Morgan fingerprint density at radius 2 is 2.29 bits per heavy atom. The molecular formula is C14H24N4O3. The van der Waals surface area contributed by atoms with Crippen LogP contribution in [0.5, 0.6) is 0 Å². The number of nitrogens with one attached hydrogen (secondary N) is 1. The van der Waals surface area contributed by atoms with Crippen LogP contribution in [0.25, 0.3) is 0 Å². The minimum Gasteiger partial charge on any atom is -0.466 e. The summed E-state index contributed by atoms with van der Waals surface area (Å²) in [6.07, 6.45) is 6.10. The number of aromatic nitrogens is 3. The predicted molar refractivity (Wildman–Crippen MR) is 76.4 cm³/mol. The fraction of sp³-hybridized carbons (Fsp3) is 0.786. The van der Waals surface area contributed by atoms with Crippen molar-refractivity contribution in [3.8, 4) is 0 Å². The summed E-state index contributed by atoms with van der Waals surface area (Å²) in [5, 5.41) is 21.4. The first-order valence-corrected chi connectivity index (χ1v) is 7.57. The van der Waals surface area contributed by atoms with Gasteiger partial charge in [0.25, 0.3) is 0 Å². The highest BCUT2D eigenvalue weighted by Crippen LogP contribution is 2.32. The second-order valence-corrected chi connectivity index (χ2v) is 5.59. The normalized spacial score (nSPS) is 25.7. The molecule has 2 rings (SSSR count). The fourth-order valence-electron chi connectivity index (χ4n) is 2.69. The van der Waals surface area contributed by atoms with Gasteiger partial charge in [0.1, 0.15) is 0 Å². The van der Waals surface area contributed by atoms with E-state index in [0.717, 1.165) is 13.1 Å². The number of aliphatic hydroxyl groups is 1. The van der Waals surface area contributed by atoms with Crippen molar-refractivity contribution < 1.29 is 14.6 Å². The Morgan fingerprint density at radius 1 is 1.52 bits per heavy atom. The van der Waals surface area contributed by atoms with Crippen LogP contribution in [0.2, 0.25) is 0 Å². The number of hydrogen-bond acceptors (Lipinski definition) is 6. The van der Waals surface area contributed by atoms with Crippen molar-refractivity contribution in [1.82, 2.24) is 20.3 Å². The average molecular weight is 296 g/mol. The van der Waals surface area contributed by atoms with Crippen molar-refractivity contribution in [2.24, 2.45) is 5.92 Å². The maximum absolute atomic E-state index is 11.7.